The summed E-state index contributed by atoms with van der Waals surface area (Å²) >= 11 is 1.52. The molecule has 0 amide bonds. The maximum atomic E-state index is 5.54. The van der Waals surface area contributed by atoms with E-state index in [4.69, 9.17) is 5.73 Å². The lowest BCUT2D eigenvalue weighted by Gasteiger charge is -2.07. The first-order valence-electron chi connectivity index (χ1n) is 6.51. The zero-order chi connectivity index (χ0) is 12.8. The fraction of sp³-hybridized carbons (Fsp3) is 0.500. The number of nitrogens with two attached hydrogens (primary N) is 1. The molecule has 0 radical (unpaired) electrons. The van der Waals surface area contributed by atoms with E-state index < -0.39 is 0 Å². The molecule has 2 fully saturated rings. The normalized spacial score (nSPS) is 18.7. The minimum atomic E-state index is 0.437. The molecule has 2 N–H and O–H groups in total. The molecule has 0 aliphatic heterocycles. The van der Waals surface area contributed by atoms with Gasteiger partial charge >= 0.3 is 0 Å². The lowest BCUT2D eigenvalue weighted by molar-refractivity contribution is 0.626. The van der Waals surface area contributed by atoms with Crippen molar-refractivity contribution < 1.29 is 0 Å². The fourth-order valence-corrected chi connectivity index (χ4v) is 2.95. The van der Waals surface area contributed by atoms with Gasteiger partial charge in [0.25, 0.3) is 0 Å². The second-order valence-corrected chi connectivity index (χ2v) is 6.09. The largest absolute Gasteiger partial charge is 0.382 e. The molecular formula is C12H14N6S. The molecule has 2 saturated carbocycles. The first-order valence-corrected chi connectivity index (χ1v) is 7.33. The van der Waals surface area contributed by atoms with Crippen molar-refractivity contribution in [3.8, 4) is 0 Å². The molecule has 0 atom stereocenters. The minimum absolute atomic E-state index is 0.437. The summed E-state index contributed by atoms with van der Waals surface area (Å²) in [7, 11) is 0. The highest BCUT2D eigenvalue weighted by Crippen LogP contribution is 2.46. The molecule has 2 aromatic rings. The Hall–Kier alpha value is -1.63. The summed E-state index contributed by atoms with van der Waals surface area (Å²) in [6.07, 6.45) is 8.22. The van der Waals surface area contributed by atoms with E-state index >= 15 is 0 Å². The van der Waals surface area contributed by atoms with Gasteiger partial charge in [0, 0.05) is 12.0 Å². The molecule has 98 valence electrons. The third kappa shape index (κ3) is 2.18. The summed E-state index contributed by atoms with van der Waals surface area (Å²) in [6, 6.07) is 0.592. The van der Waals surface area contributed by atoms with Crippen molar-refractivity contribution in [3.05, 3.63) is 18.2 Å². The van der Waals surface area contributed by atoms with Crippen LogP contribution < -0.4 is 5.73 Å². The van der Waals surface area contributed by atoms with E-state index in [1.54, 1.807) is 12.4 Å². The average Bonchev–Trinajstić information content (AvgIpc) is 3.32. The van der Waals surface area contributed by atoms with Crippen molar-refractivity contribution >= 4 is 17.6 Å². The second kappa shape index (κ2) is 4.19. The molecular weight excluding hydrogens is 260 g/mol. The Labute approximate surface area is 114 Å². The molecule has 2 aromatic heterocycles. The van der Waals surface area contributed by atoms with Gasteiger partial charge < -0.3 is 10.3 Å². The van der Waals surface area contributed by atoms with Gasteiger partial charge in [0.1, 0.15) is 16.7 Å². The summed E-state index contributed by atoms with van der Waals surface area (Å²) in [5.41, 5.74) is 5.54. The smallest absolute Gasteiger partial charge is 0.197 e. The minimum Gasteiger partial charge on any atom is -0.382 e. The second-order valence-electron chi connectivity index (χ2n) is 5.10. The van der Waals surface area contributed by atoms with Gasteiger partial charge in [0.2, 0.25) is 0 Å². The van der Waals surface area contributed by atoms with E-state index in [0.717, 1.165) is 16.0 Å². The van der Waals surface area contributed by atoms with Crippen molar-refractivity contribution in [1.82, 2.24) is 24.7 Å². The van der Waals surface area contributed by atoms with Crippen LogP contribution in [-0.2, 0) is 0 Å². The van der Waals surface area contributed by atoms with Crippen LogP contribution in [0.1, 0.15) is 43.5 Å². The topological polar surface area (TPSA) is 82.5 Å². The van der Waals surface area contributed by atoms with Crippen LogP contribution in [0.15, 0.2) is 22.6 Å². The molecule has 0 bridgehead atoms. The van der Waals surface area contributed by atoms with E-state index in [1.165, 1.54) is 37.4 Å². The molecule has 7 heteroatoms. The standard InChI is InChI=1S/C12H14N6S/c13-9-5-15-10(6-14-9)19-12-17-16-11(7-1-2-7)18(12)8-3-4-8/h5-8H,1-4H2,(H2,13,14). The Bertz CT molecular complexity index is 599. The van der Waals surface area contributed by atoms with E-state index in [0.29, 0.717) is 17.8 Å². The molecule has 0 saturated heterocycles. The van der Waals surface area contributed by atoms with Crippen molar-refractivity contribution in [2.24, 2.45) is 0 Å². The van der Waals surface area contributed by atoms with Crippen LogP contribution in [-0.4, -0.2) is 24.7 Å². The number of hydrogen-bond donors (Lipinski definition) is 1. The summed E-state index contributed by atoms with van der Waals surface area (Å²) in [6.45, 7) is 0. The quantitative estimate of drug-likeness (QED) is 0.918. The van der Waals surface area contributed by atoms with Crippen LogP contribution in [0.3, 0.4) is 0 Å². The molecule has 0 spiro atoms. The summed E-state index contributed by atoms with van der Waals surface area (Å²) < 4.78 is 2.31. The van der Waals surface area contributed by atoms with E-state index in [9.17, 15) is 0 Å². The average molecular weight is 274 g/mol. The molecule has 2 heterocycles. The highest BCUT2D eigenvalue weighted by molar-refractivity contribution is 7.99. The van der Waals surface area contributed by atoms with Crippen LogP contribution in [0.2, 0.25) is 0 Å². The Morgan fingerprint density at radius 3 is 2.58 bits per heavy atom. The van der Waals surface area contributed by atoms with Gasteiger partial charge in [-0.25, -0.2) is 9.97 Å². The van der Waals surface area contributed by atoms with Crippen molar-refractivity contribution in [2.45, 2.75) is 47.8 Å². The lowest BCUT2D eigenvalue weighted by Crippen LogP contribution is -2.02. The molecule has 0 aromatic carbocycles. The molecule has 19 heavy (non-hydrogen) atoms. The van der Waals surface area contributed by atoms with Crippen molar-refractivity contribution in [1.29, 1.82) is 0 Å². The van der Waals surface area contributed by atoms with E-state index in [2.05, 4.69) is 24.7 Å². The predicted molar refractivity (Wildman–Crippen MR) is 70.8 cm³/mol. The Kier molecular flexibility index (Phi) is 2.48. The number of aromatic nitrogens is 5. The maximum Gasteiger partial charge on any atom is 0.197 e. The van der Waals surface area contributed by atoms with Gasteiger partial charge in [-0.1, -0.05) is 0 Å². The fourth-order valence-electron chi connectivity index (χ4n) is 2.13. The Morgan fingerprint density at radius 2 is 1.95 bits per heavy atom. The zero-order valence-electron chi connectivity index (χ0n) is 10.4. The SMILES string of the molecule is Nc1cnc(Sc2nnc(C3CC3)n2C2CC2)cn1. The predicted octanol–water partition coefficient (Wildman–Crippen LogP) is 2.01. The third-order valence-corrected chi connectivity index (χ3v) is 4.27. The molecule has 6 nitrogen and oxygen atoms in total. The molecule has 0 unspecified atom stereocenters. The zero-order valence-corrected chi connectivity index (χ0v) is 11.2. The maximum absolute atomic E-state index is 5.54. The number of hydrogen-bond acceptors (Lipinski definition) is 6. The number of nitrogens with zero attached hydrogens (tertiary/aromatic N) is 5. The van der Waals surface area contributed by atoms with E-state index in [1.807, 2.05) is 0 Å². The Balaban J connectivity index is 1.65. The van der Waals surface area contributed by atoms with Gasteiger partial charge in [0.05, 0.1) is 12.4 Å². The van der Waals surface area contributed by atoms with Gasteiger partial charge in [-0.15, -0.1) is 10.2 Å². The van der Waals surface area contributed by atoms with Crippen LogP contribution in [0.4, 0.5) is 5.82 Å². The molecule has 4 rings (SSSR count). The number of nitrogen functional groups attached to an aromatic ring is 1. The number of anilines is 1. The van der Waals surface area contributed by atoms with Gasteiger partial charge in [-0.3, -0.25) is 0 Å². The highest BCUT2D eigenvalue weighted by Gasteiger charge is 2.36. The molecule has 2 aliphatic rings. The summed E-state index contributed by atoms with van der Waals surface area (Å²) in [5, 5.41) is 10.5. The van der Waals surface area contributed by atoms with Crippen molar-refractivity contribution in [3.63, 3.8) is 0 Å². The number of rotatable bonds is 4. The van der Waals surface area contributed by atoms with Gasteiger partial charge in [-0.05, 0) is 37.4 Å². The summed E-state index contributed by atoms with van der Waals surface area (Å²) in [5.74, 6) is 2.22. The Morgan fingerprint density at radius 1 is 1.11 bits per heavy atom. The molecule has 2 aliphatic carbocycles. The lowest BCUT2D eigenvalue weighted by atomic mass is 10.4. The van der Waals surface area contributed by atoms with Crippen LogP contribution in [0.5, 0.6) is 0 Å². The van der Waals surface area contributed by atoms with Gasteiger partial charge in [-0.2, -0.15) is 0 Å². The summed E-state index contributed by atoms with van der Waals surface area (Å²) in [4.78, 5) is 8.32. The first-order chi connectivity index (χ1) is 9.31. The third-order valence-electron chi connectivity index (χ3n) is 3.39. The van der Waals surface area contributed by atoms with Crippen molar-refractivity contribution in [2.75, 3.05) is 5.73 Å². The first kappa shape index (κ1) is 11.2. The van der Waals surface area contributed by atoms with Crippen LogP contribution in [0, 0.1) is 0 Å². The van der Waals surface area contributed by atoms with Gasteiger partial charge in [0.15, 0.2) is 5.16 Å². The van der Waals surface area contributed by atoms with Crippen LogP contribution in [0.25, 0.3) is 0 Å². The van der Waals surface area contributed by atoms with E-state index in [-0.39, 0.29) is 0 Å². The highest BCUT2D eigenvalue weighted by atomic mass is 32.2. The monoisotopic (exact) mass is 274 g/mol. The van der Waals surface area contributed by atoms with Crippen LogP contribution >= 0.6 is 11.8 Å².